The van der Waals surface area contributed by atoms with Crippen LogP contribution in [-0.2, 0) is 4.65 Å². The Labute approximate surface area is 118 Å². The van der Waals surface area contributed by atoms with Crippen LogP contribution in [0.5, 0.6) is 5.75 Å². The lowest BCUT2D eigenvalue weighted by Crippen LogP contribution is -2.30. The van der Waals surface area contributed by atoms with Crippen molar-refractivity contribution in [2.24, 2.45) is 5.73 Å². The van der Waals surface area contributed by atoms with Crippen LogP contribution in [0.15, 0.2) is 12.1 Å². The minimum atomic E-state index is -1.17. The second-order valence-electron chi connectivity index (χ2n) is 3.52. The van der Waals surface area contributed by atoms with Gasteiger partial charge in [-0.05, 0) is 19.1 Å². The molecule has 0 saturated carbocycles. The molecular formula is C10H15BCl2FNO3. The highest BCUT2D eigenvalue weighted by Crippen LogP contribution is 2.29. The van der Waals surface area contributed by atoms with Crippen LogP contribution in [0.1, 0.15) is 18.6 Å². The monoisotopic (exact) mass is 297 g/mol. The fourth-order valence-corrected chi connectivity index (χ4v) is 1.92. The molecule has 3 N–H and O–H groups in total. The van der Waals surface area contributed by atoms with Gasteiger partial charge in [0.25, 0.3) is 0 Å². The Bertz CT molecular complexity index is 411. The van der Waals surface area contributed by atoms with E-state index in [1.807, 2.05) is 6.92 Å². The molecule has 1 aliphatic rings. The average Bonchev–Trinajstić information content (AvgIpc) is 2.61. The third kappa shape index (κ3) is 2.89. The molecule has 18 heavy (non-hydrogen) atoms. The van der Waals surface area contributed by atoms with Crippen molar-refractivity contribution in [1.82, 2.24) is 0 Å². The van der Waals surface area contributed by atoms with Crippen LogP contribution in [0.25, 0.3) is 0 Å². The van der Waals surface area contributed by atoms with Crippen molar-refractivity contribution in [3.63, 3.8) is 0 Å². The van der Waals surface area contributed by atoms with Gasteiger partial charge in [-0.25, -0.2) is 4.39 Å². The summed E-state index contributed by atoms with van der Waals surface area (Å²) in [5.41, 5.74) is 6.13. The van der Waals surface area contributed by atoms with E-state index in [2.05, 4.69) is 0 Å². The second-order valence-corrected chi connectivity index (χ2v) is 3.52. The smallest absolute Gasteiger partial charge is 0.494 e. The van der Waals surface area contributed by atoms with Gasteiger partial charge in [-0.1, -0.05) is 0 Å². The maximum atomic E-state index is 13.6. The van der Waals surface area contributed by atoms with Crippen LogP contribution >= 0.6 is 24.8 Å². The molecule has 1 heterocycles. The van der Waals surface area contributed by atoms with Gasteiger partial charge >= 0.3 is 7.12 Å². The van der Waals surface area contributed by atoms with Gasteiger partial charge in [0.2, 0.25) is 0 Å². The van der Waals surface area contributed by atoms with Crippen molar-refractivity contribution in [3.05, 3.63) is 23.5 Å². The Morgan fingerprint density at radius 2 is 2.17 bits per heavy atom. The average molecular weight is 298 g/mol. The number of benzene rings is 1. The minimum Gasteiger partial charge on any atom is -0.494 e. The van der Waals surface area contributed by atoms with E-state index >= 15 is 0 Å². The Morgan fingerprint density at radius 3 is 2.72 bits per heavy atom. The molecule has 0 fully saturated rings. The summed E-state index contributed by atoms with van der Waals surface area (Å²) in [6.45, 7) is 2.38. The molecule has 0 aliphatic carbocycles. The van der Waals surface area contributed by atoms with Crippen LogP contribution in [-0.4, -0.2) is 25.3 Å². The first-order valence-electron chi connectivity index (χ1n) is 5.17. The topological polar surface area (TPSA) is 64.7 Å². The SMILES string of the molecule is CCOc1ccc(F)c2c1B(O)OC2CN.Cl.Cl. The molecule has 0 amide bonds. The summed E-state index contributed by atoms with van der Waals surface area (Å²) in [7, 11) is -1.17. The fourth-order valence-electron chi connectivity index (χ4n) is 1.92. The normalized spacial score (nSPS) is 16.7. The molecule has 1 aromatic rings. The van der Waals surface area contributed by atoms with Gasteiger partial charge in [-0.3, -0.25) is 0 Å². The largest absolute Gasteiger partial charge is 0.495 e. The number of rotatable bonds is 3. The molecule has 1 aromatic carbocycles. The number of nitrogens with two attached hydrogens (primary N) is 1. The van der Waals surface area contributed by atoms with Crippen molar-refractivity contribution in [3.8, 4) is 5.75 Å². The van der Waals surface area contributed by atoms with Gasteiger partial charge in [-0.2, -0.15) is 0 Å². The highest BCUT2D eigenvalue weighted by molar-refractivity contribution is 6.62. The van der Waals surface area contributed by atoms with Crippen molar-refractivity contribution < 1.29 is 18.8 Å². The molecule has 102 valence electrons. The van der Waals surface area contributed by atoms with E-state index in [0.717, 1.165) is 0 Å². The van der Waals surface area contributed by atoms with Crippen LogP contribution in [0.2, 0.25) is 0 Å². The molecule has 1 aliphatic heterocycles. The molecule has 0 spiro atoms. The molecule has 8 heteroatoms. The Hall–Kier alpha value is -0.525. The molecule has 0 radical (unpaired) electrons. The molecule has 0 aromatic heterocycles. The zero-order valence-corrected chi connectivity index (χ0v) is 11.4. The maximum Gasteiger partial charge on any atom is 0.495 e. The summed E-state index contributed by atoms with van der Waals surface area (Å²) >= 11 is 0. The molecule has 0 saturated heterocycles. The van der Waals surface area contributed by atoms with E-state index < -0.39 is 19.0 Å². The van der Waals surface area contributed by atoms with Crippen LogP contribution < -0.4 is 15.9 Å². The summed E-state index contributed by atoms with van der Waals surface area (Å²) < 4.78 is 24.1. The van der Waals surface area contributed by atoms with Crippen LogP contribution in [0.4, 0.5) is 4.39 Å². The highest BCUT2D eigenvalue weighted by Gasteiger charge is 2.39. The van der Waals surface area contributed by atoms with E-state index in [0.29, 0.717) is 23.4 Å². The van der Waals surface area contributed by atoms with E-state index in [1.54, 1.807) is 0 Å². The third-order valence-electron chi connectivity index (χ3n) is 2.57. The Morgan fingerprint density at radius 1 is 1.50 bits per heavy atom. The maximum absolute atomic E-state index is 13.6. The standard InChI is InChI=1S/C10H13BFNO3.2ClH/c1-2-15-7-4-3-6(12)9-8(5-13)16-11(14)10(7)9;;/h3-4,8,14H,2,5,13H2,1H3;2*1H. The number of hydrogen-bond donors (Lipinski definition) is 2. The minimum absolute atomic E-state index is 0. The molecule has 4 nitrogen and oxygen atoms in total. The van der Waals surface area contributed by atoms with Crippen molar-refractivity contribution in [1.29, 1.82) is 0 Å². The lowest BCUT2D eigenvalue weighted by molar-refractivity contribution is 0.194. The summed E-state index contributed by atoms with van der Waals surface area (Å²) in [5, 5.41) is 9.69. The molecule has 2 rings (SSSR count). The molecule has 1 atom stereocenters. The van der Waals surface area contributed by atoms with E-state index in [4.69, 9.17) is 15.1 Å². The number of fused-ring (bicyclic) bond motifs is 1. The summed E-state index contributed by atoms with van der Waals surface area (Å²) in [6, 6.07) is 2.79. The first kappa shape index (κ1) is 17.5. The summed E-state index contributed by atoms with van der Waals surface area (Å²) in [4.78, 5) is 0. The number of halogens is 3. The van der Waals surface area contributed by atoms with Crippen LogP contribution in [0, 0.1) is 5.82 Å². The first-order valence-corrected chi connectivity index (χ1v) is 5.17. The van der Waals surface area contributed by atoms with Gasteiger partial charge in [0.15, 0.2) is 0 Å². The Balaban J connectivity index is 0.00000144. The van der Waals surface area contributed by atoms with Gasteiger partial charge < -0.3 is 20.1 Å². The van der Waals surface area contributed by atoms with E-state index in [9.17, 15) is 9.41 Å². The van der Waals surface area contributed by atoms with Gasteiger partial charge in [-0.15, -0.1) is 24.8 Å². The highest BCUT2D eigenvalue weighted by atomic mass is 35.5. The van der Waals surface area contributed by atoms with Gasteiger partial charge in [0, 0.05) is 17.6 Å². The van der Waals surface area contributed by atoms with Crippen molar-refractivity contribution in [2.75, 3.05) is 13.2 Å². The zero-order valence-electron chi connectivity index (χ0n) is 9.76. The van der Waals surface area contributed by atoms with Gasteiger partial charge in [0.1, 0.15) is 11.6 Å². The lowest BCUT2D eigenvalue weighted by atomic mass is 9.78. The zero-order chi connectivity index (χ0) is 11.7. The molecule has 0 bridgehead atoms. The van der Waals surface area contributed by atoms with Gasteiger partial charge in [0.05, 0.1) is 12.7 Å². The summed E-state index contributed by atoms with van der Waals surface area (Å²) in [6.07, 6.45) is -0.606. The number of ether oxygens (including phenoxy) is 1. The predicted octanol–water partition coefficient (Wildman–Crippen LogP) is 0.785. The first-order chi connectivity index (χ1) is 7.69. The number of hydrogen-bond acceptors (Lipinski definition) is 4. The molecule has 1 unspecified atom stereocenters. The van der Waals surface area contributed by atoms with E-state index in [1.165, 1.54) is 12.1 Å². The molecular weight excluding hydrogens is 283 g/mol. The fraction of sp³-hybridized carbons (Fsp3) is 0.400. The van der Waals surface area contributed by atoms with E-state index in [-0.39, 0.29) is 31.4 Å². The second kappa shape index (κ2) is 7.16. The lowest BCUT2D eigenvalue weighted by Gasteiger charge is -2.11. The summed E-state index contributed by atoms with van der Waals surface area (Å²) in [5.74, 6) is 0.0211. The van der Waals surface area contributed by atoms with Crippen LogP contribution in [0.3, 0.4) is 0 Å². The quantitative estimate of drug-likeness (QED) is 0.810. The third-order valence-corrected chi connectivity index (χ3v) is 2.57. The Kier molecular flexibility index (Phi) is 6.95. The van der Waals surface area contributed by atoms with Crippen molar-refractivity contribution in [2.45, 2.75) is 13.0 Å². The predicted molar refractivity (Wildman–Crippen MR) is 72.6 cm³/mol. The van der Waals surface area contributed by atoms with Crippen molar-refractivity contribution >= 4 is 37.4 Å².